The molecule has 0 unspecified atom stereocenters. The molecule has 18 heavy (non-hydrogen) atoms. The first-order valence-electron chi connectivity index (χ1n) is 5.63. The minimum absolute atomic E-state index is 0.565. The van der Waals surface area contributed by atoms with Crippen molar-refractivity contribution in [2.75, 3.05) is 27.3 Å². The Bertz CT molecular complexity index is 397. The summed E-state index contributed by atoms with van der Waals surface area (Å²) in [6, 6.07) is 7.69. The molecule has 0 radical (unpaired) electrons. The molecule has 0 heterocycles. The zero-order chi connectivity index (χ0) is 13.4. The zero-order valence-electron chi connectivity index (χ0n) is 10.7. The Morgan fingerprint density at radius 3 is 2.94 bits per heavy atom. The van der Waals surface area contributed by atoms with Gasteiger partial charge in [0.2, 0.25) is 5.96 Å². The molecular formula is C12H19ClN4O. The summed E-state index contributed by atoms with van der Waals surface area (Å²) in [6.07, 6.45) is 0. The second-order valence-corrected chi connectivity index (χ2v) is 4.26. The Hall–Kier alpha value is -1.30. The molecular weight excluding hydrogens is 252 g/mol. The minimum atomic E-state index is 0.565. The lowest BCUT2D eigenvalue weighted by Gasteiger charge is -2.20. The van der Waals surface area contributed by atoms with Crippen LogP contribution in [0.4, 0.5) is 0 Å². The van der Waals surface area contributed by atoms with E-state index in [0.29, 0.717) is 25.7 Å². The molecule has 0 aliphatic heterocycles. The van der Waals surface area contributed by atoms with E-state index >= 15 is 0 Å². The Morgan fingerprint density at radius 2 is 2.33 bits per heavy atom. The number of hydrogen-bond donors (Lipinski definition) is 2. The van der Waals surface area contributed by atoms with Gasteiger partial charge in [0.05, 0.1) is 13.2 Å². The lowest BCUT2D eigenvalue weighted by Crippen LogP contribution is -2.42. The Morgan fingerprint density at radius 1 is 1.56 bits per heavy atom. The van der Waals surface area contributed by atoms with Gasteiger partial charge in [0.15, 0.2) is 0 Å². The summed E-state index contributed by atoms with van der Waals surface area (Å²) >= 11 is 5.94. The van der Waals surface area contributed by atoms with Crippen molar-refractivity contribution in [2.24, 2.45) is 10.8 Å². The van der Waals surface area contributed by atoms with E-state index in [4.69, 9.17) is 22.2 Å². The van der Waals surface area contributed by atoms with Crippen LogP contribution in [0.1, 0.15) is 5.56 Å². The molecule has 0 saturated carbocycles. The first kappa shape index (κ1) is 14.8. The summed E-state index contributed by atoms with van der Waals surface area (Å²) in [5, 5.41) is 0.722. The summed E-state index contributed by atoms with van der Waals surface area (Å²) in [7, 11) is 3.55. The molecule has 3 N–H and O–H groups in total. The first-order chi connectivity index (χ1) is 8.67. The van der Waals surface area contributed by atoms with Crippen LogP contribution in [-0.2, 0) is 11.3 Å². The highest BCUT2D eigenvalue weighted by Gasteiger charge is 2.05. The van der Waals surface area contributed by atoms with Crippen LogP contribution in [0.15, 0.2) is 29.3 Å². The van der Waals surface area contributed by atoms with Gasteiger partial charge in [-0.1, -0.05) is 23.7 Å². The Balaban J connectivity index is 2.61. The Kier molecular flexibility index (Phi) is 6.49. The highest BCUT2D eigenvalue weighted by molar-refractivity contribution is 6.30. The molecule has 1 aromatic carbocycles. The number of guanidine groups is 1. The molecule has 6 heteroatoms. The highest BCUT2D eigenvalue weighted by Crippen LogP contribution is 2.12. The number of rotatable bonds is 5. The molecule has 0 atom stereocenters. The fourth-order valence-electron chi connectivity index (χ4n) is 1.50. The van der Waals surface area contributed by atoms with Gasteiger partial charge in [-0.2, -0.15) is 0 Å². The molecule has 0 bridgehead atoms. The second-order valence-electron chi connectivity index (χ2n) is 3.83. The van der Waals surface area contributed by atoms with E-state index in [-0.39, 0.29) is 0 Å². The van der Waals surface area contributed by atoms with Crippen LogP contribution in [0.25, 0.3) is 0 Å². The first-order valence-corrected chi connectivity index (χ1v) is 6.00. The maximum atomic E-state index is 5.94. The Labute approximate surface area is 113 Å². The van der Waals surface area contributed by atoms with E-state index in [1.54, 1.807) is 7.11 Å². The molecule has 100 valence electrons. The molecule has 0 fully saturated rings. The maximum Gasteiger partial charge on any atom is 0.208 e. The van der Waals surface area contributed by atoms with Crippen molar-refractivity contribution < 1.29 is 4.74 Å². The summed E-state index contributed by atoms with van der Waals surface area (Å²) in [4.78, 5) is 6.22. The van der Waals surface area contributed by atoms with Gasteiger partial charge in [-0.3, -0.25) is 5.43 Å². The average molecular weight is 271 g/mol. The fourth-order valence-corrected chi connectivity index (χ4v) is 1.72. The third-order valence-corrected chi connectivity index (χ3v) is 2.59. The standard InChI is InChI=1S/C12H19ClN4O/c1-17(12(16-14)15-6-7-18-2)9-10-4-3-5-11(13)8-10/h3-5,8H,6-7,9,14H2,1-2H3,(H,15,16). The molecule has 0 aliphatic carbocycles. The van der Waals surface area contributed by atoms with Crippen LogP contribution in [0.5, 0.6) is 0 Å². The normalized spacial score (nSPS) is 11.4. The predicted octanol–water partition coefficient (Wildman–Crippen LogP) is 1.24. The van der Waals surface area contributed by atoms with Gasteiger partial charge in [-0.05, 0) is 17.7 Å². The number of benzene rings is 1. The lowest BCUT2D eigenvalue weighted by atomic mass is 10.2. The van der Waals surface area contributed by atoms with Gasteiger partial charge in [-0.25, -0.2) is 10.8 Å². The molecule has 0 aliphatic rings. The van der Waals surface area contributed by atoms with Crippen LogP contribution >= 0.6 is 11.6 Å². The molecule has 0 amide bonds. The third kappa shape index (κ3) is 4.91. The number of aliphatic imine (C=N–C) groups is 1. The average Bonchev–Trinajstić information content (AvgIpc) is 2.34. The summed E-state index contributed by atoms with van der Waals surface area (Å²) < 4.78 is 4.94. The number of hydrogen-bond acceptors (Lipinski definition) is 3. The lowest BCUT2D eigenvalue weighted by molar-refractivity contribution is 0.207. The summed E-state index contributed by atoms with van der Waals surface area (Å²) in [5.41, 5.74) is 3.68. The SMILES string of the molecule is COCCN=C(NN)N(C)Cc1cccc(Cl)c1. The van der Waals surface area contributed by atoms with Crippen molar-refractivity contribution in [3.8, 4) is 0 Å². The zero-order valence-corrected chi connectivity index (χ0v) is 11.4. The van der Waals surface area contributed by atoms with Crippen LogP contribution < -0.4 is 11.3 Å². The fraction of sp³-hybridized carbons (Fsp3) is 0.417. The van der Waals surface area contributed by atoms with Crippen molar-refractivity contribution in [1.82, 2.24) is 10.3 Å². The van der Waals surface area contributed by atoms with Crippen molar-refractivity contribution in [3.63, 3.8) is 0 Å². The van der Waals surface area contributed by atoms with Crippen molar-refractivity contribution >= 4 is 17.6 Å². The van der Waals surface area contributed by atoms with Gasteiger partial charge in [-0.15, -0.1) is 0 Å². The topological polar surface area (TPSA) is 62.9 Å². The van der Waals surface area contributed by atoms with E-state index in [0.717, 1.165) is 10.6 Å². The van der Waals surface area contributed by atoms with Crippen molar-refractivity contribution in [3.05, 3.63) is 34.9 Å². The number of nitrogens with one attached hydrogen (secondary N) is 1. The van der Waals surface area contributed by atoms with Crippen LogP contribution in [-0.4, -0.2) is 38.2 Å². The molecule has 1 aromatic rings. The number of ether oxygens (including phenoxy) is 1. The van der Waals surface area contributed by atoms with Crippen molar-refractivity contribution in [2.45, 2.75) is 6.54 Å². The quantitative estimate of drug-likeness (QED) is 0.278. The number of nitrogens with zero attached hydrogens (tertiary/aromatic N) is 2. The number of hydrazine groups is 1. The van der Waals surface area contributed by atoms with Gasteiger partial charge < -0.3 is 9.64 Å². The highest BCUT2D eigenvalue weighted by atomic mass is 35.5. The monoisotopic (exact) mass is 270 g/mol. The number of nitrogens with two attached hydrogens (primary N) is 1. The predicted molar refractivity (Wildman–Crippen MR) is 74.4 cm³/mol. The third-order valence-electron chi connectivity index (χ3n) is 2.36. The molecule has 0 aromatic heterocycles. The van der Waals surface area contributed by atoms with Gasteiger partial charge >= 0.3 is 0 Å². The second kappa shape index (κ2) is 7.92. The maximum absolute atomic E-state index is 5.94. The van der Waals surface area contributed by atoms with Crippen LogP contribution in [0.3, 0.4) is 0 Å². The van der Waals surface area contributed by atoms with Gasteiger partial charge in [0.1, 0.15) is 0 Å². The van der Waals surface area contributed by atoms with E-state index in [9.17, 15) is 0 Å². The van der Waals surface area contributed by atoms with Gasteiger partial charge in [0, 0.05) is 25.7 Å². The van der Waals surface area contributed by atoms with Crippen LogP contribution in [0, 0.1) is 0 Å². The molecule has 1 rings (SSSR count). The van der Waals surface area contributed by atoms with E-state index in [1.165, 1.54) is 0 Å². The van der Waals surface area contributed by atoms with Crippen LogP contribution in [0.2, 0.25) is 5.02 Å². The molecule has 0 spiro atoms. The van der Waals surface area contributed by atoms with Gasteiger partial charge in [0.25, 0.3) is 0 Å². The number of halogens is 1. The van der Waals surface area contributed by atoms with Crippen molar-refractivity contribution in [1.29, 1.82) is 0 Å². The molecule has 5 nitrogen and oxygen atoms in total. The summed E-state index contributed by atoms with van der Waals surface area (Å²) in [5.74, 6) is 6.07. The smallest absolute Gasteiger partial charge is 0.208 e. The van der Waals surface area contributed by atoms with E-state index in [2.05, 4.69) is 10.4 Å². The minimum Gasteiger partial charge on any atom is -0.383 e. The molecule has 0 saturated heterocycles. The number of methoxy groups -OCH3 is 1. The largest absolute Gasteiger partial charge is 0.383 e. The summed E-state index contributed by atoms with van der Waals surface area (Å²) in [6.45, 7) is 1.81. The van der Waals surface area contributed by atoms with E-state index in [1.807, 2.05) is 36.2 Å². The van der Waals surface area contributed by atoms with E-state index < -0.39 is 0 Å².